The predicted molar refractivity (Wildman–Crippen MR) is 114 cm³/mol. The summed E-state index contributed by atoms with van der Waals surface area (Å²) in [5, 5.41) is 5.41. The van der Waals surface area contributed by atoms with Crippen LogP contribution in [0.2, 0.25) is 0 Å². The first kappa shape index (κ1) is 17.0. The summed E-state index contributed by atoms with van der Waals surface area (Å²) >= 11 is 0. The first-order chi connectivity index (χ1) is 14.4. The van der Waals surface area contributed by atoms with Crippen molar-refractivity contribution in [3.8, 4) is 0 Å². The van der Waals surface area contributed by atoms with Gasteiger partial charge in [-0.1, -0.05) is 48.5 Å². The van der Waals surface area contributed by atoms with Crippen molar-refractivity contribution in [3.05, 3.63) is 90.6 Å². The Morgan fingerprint density at radius 3 is 2.69 bits per heavy atom. The van der Waals surface area contributed by atoms with Crippen molar-refractivity contribution in [1.82, 2.24) is 24.5 Å². The van der Waals surface area contributed by atoms with E-state index in [4.69, 9.17) is 0 Å². The highest BCUT2D eigenvalue weighted by atomic mass is 15.3. The Labute approximate surface area is 166 Å². The summed E-state index contributed by atoms with van der Waals surface area (Å²) in [6.07, 6.45) is 6.83. The lowest BCUT2D eigenvalue weighted by Gasteiger charge is -2.04. The fraction of sp³-hybridized carbons (Fsp3) is 0.0455. The van der Waals surface area contributed by atoms with Crippen LogP contribution in [0.4, 0.5) is 5.82 Å². The molecule has 0 spiro atoms. The average Bonchev–Trinajstić information content (AvgIpc) is 3.18. The number of hydrogen-bond donors (Lipinski definition) is 1. The van der Waals surface area contributed by atoms with Gasteiger partial charge in [0.25, 0.3) is 0 Å². The molecule has 0 radical (unpaired) electrons. The molecule has 0 bridgehead atoms. The van der Waals surface area contributed by atoms with Crippen molar-refractivity contribution in [1.29, 1.82) is 0 Å². The molecule has 3 aromatic heterocycles. The van der Waals surface area contributed by atoms with E-state index in [1.165, 1.54) is 11.9 Å². The molecule has 7 nitrogen and oxygen atoms in total. The molecule has 0 atom stereocenters. The lowest BCUT2D eigenvalue weighted by molar-refractivity contribution is 0.813. The molecule has 5 aromatic rings. The molecule has 7 heteroatoms. The number of fused-ring (bicyclic) bond motifs is 2. The Balaban J connectivity index is 1.41. The topological polar surface area (TPSA) is 80.9 Å². The van der Waals surface area contributed by atoms with Gasteiger partial charge in [0, 0.05) is 17.1 Å². The number of hydrogen-bond acceptors (Lipinski definition) is 6. The molecule has 0 aliphatic carbocycles. The second-order valence-corrected chi connectivity index (χ2v) is 6.54. The largest absolute Gasteiger partial charge is 0.311 e. The second kappa shape index (κ2) is 7.47. The standard InChI is InChI=1S/C22H17N7/c1-2-6-16(7-3-1)13-29-15-26-20-21(24-14-25-22(20)29)28-27-12-17-10-11-23-19-9-5-4-8-18(17)19/h1-12,14-15H,13H2,(H,24,25,28). The number of pyridine rings is 1. The van der Waals surface area contributed by atoms with Crippen LogP contribution in [-0.2, 0) is 6.54 Å². The summed E-state index contributed by atoms with van der Waals surface area (Å²) in [6.45, 7) is 0.695. The third-order valence-electron chi connectivity index (χ3n) is 4.65. The number of nitrogens with zero attached hydrogens (tertiary/aromatic N) is 6. The van der Waals surface area contributed by atoms with E-state index in [0.29, 0.717) is 17.9 Å². The number of hydrazone groups is 1. The van der Waals surface area contributed by atoms with Gasteiger partial charge in [0.15, 0.2) is 17.0 Å². The van der Waals surface area contributed by atoms with Gasteiger partial charge in [-0.2, -0.15) is 5.10 Å². The third-order valence-corrected chi connectivity index (χ3v) is 4.65. The number of rotatable bonds is 5. The Morgan fingerprint density at radius 2 is 1.76 bits per heavy atom. The van der Waals surface area contributed by atoms with Gasteiger partial charge in [0.05, 0.1) is 24.6 Å². The van der Waals surface area contributed by atoms with Gasteiger partial charge in [0.2, 0.25) is 0 Å². The van der Waals surface area contributed by atoms with Crippen LogP contribution in [0, 0.1) is 0 Å². The normalized spacial score (nSPS) is 11.4. The van der Waals surface area contributed by atoms with Crippen LogP contribution in [0.25, 0.3) is 22.1 Å². The number of para-hydroxylation sites is 1. The van der Waals surface area contributed by atoms with Crippen LogP contribution in [0.3, 0.4) is 0 Å². The lowest BCUT2D eigenvalue weighted by Crippen LogP contribution is -2.01. The predicted octanol–water partition coefficient (Wildman–Crippen LogP) is 3.87. The van der Waals surface area contributed by atoms with Gasteiger partial charge in [-0.05, 0) is 17.7 Å². The van der Waals surface area contributed by atoms with Gasteiger partial charge >= 0.3 is 0 Å². The van der Waals surface area contributed by atoms with Crippen LogP contribution >= 0.6 is 0 Å². The molecule has 1 N–H and O–H groups in total. The minimum atomic E-state index is 0.566. The molecule has 29 heavy (non-hydrogen) atoms. The minimum absolute atomic E-state index is 0.566. The summed E-state index contributed by atoms with van der Waals surface area (Å²) in [4.78, 5) is 17.5. The van der Waals surface area contributed by atoms with E-state index in [1.807, 2.05) is 53.1 Å². The Kier molecular flexibility index (Phi) is 4.38. The second-order valence-electron chi connectivity index (χ2n) is 6.54. The highest BCUT2D eigenvalue weighted by Crippen LogP contribution is 2.19. The molecule has 0 unspecified atom stereocenters. The van der Waals surface area contributed by atoms with E-state index < -0.39 is 0 Å². The molecule has 3 heterocycles. The van der Waals surface area contributed by atoms with Crippen LogP contribution < -0.4 is 5.43 Å². The number of nitrogens with one attached hydrogen (secondary N) is 1. The molecule has 140 valence electrons. The van der Waals surface area contributed by atoms with Gasteiger partial charge in [-0.25, -0.2) is 15.0 Å². The number of imidazole rings is 1. The van der Waals surface area contributed by atoms with E-state index in [0.717, 1.165) is 22.1 Å². The fourth-order valence-corrected chi connectivity index (χ4v) is 3.25. The van der Waals surface area contributed by atoms with Crippen LogP contribution in [0.1, 0.15) is 11.1 Å². The quantitative estimate of drug-likeness (QED) is 0.370. The number of aromatic nitrogens is 5. The van der Waals surface area contributed by atoms with E-state index in [9.17, 15) is 0 Å². The first-order valence-electron chi connectivity index (χ1n) is 9.21. The van der Waals surface area contributed by atoms with Crippen molar-refractivity contribution >= 4 is 34.1 Å². The van der Waals surface area contributed by atoms with Crippen LogP contribution in [0.15, 0.2) is 84.6 Å². The fourth-order valence-electron chi connectivity index (χ4n) is 3.25. The monoisotopic (exact) mass is 379 g/mol. The number of anilines is 1. The molecule has 0 aliphatic heterocycles. The molecule has 5 rings (SSSR count). The van der Waals surface area contributed by atoms with Gasteiger partial charge in [-0.15, -0.1) is 0 Å². The van der Waals surface area contributed by atoms with E-state index in [1.54, 1.807) is 18.7 Å². The van der Waals surface area contributed by atoms with Crippen molar-refractivity contribution < 1.29 is 0 Å². The minimum Gasteiger partial charge on any atom is -0.311 e. The zero-order valence-electron chi connectivity index (χ0n) is 15.5. The molecule has 0 aliphatic rings. The third kappa shape index (κ3) is 3.41. The molecule has 0 fully saturated rings. The Morgan fingerprint density at radius 1 is 0.897 bits per heavy atom. The van der Waals surface area contributed by atoms with E-state index in [2.05, 4.69) is 42.6 Å². The smallest absolute Gasteiger partial charge is 0.177 e. The van der Waals surface area contributed by atoms with Crippen molar-refractivity contribution in [2.45, 2.75) is 6.54 Å². The average molecular weight is 379 g/mol. The maximum absolute atomic E-state index is 4.48. The van der Waals surface area contributed by atoms with Crippen LogP contribution in [-0.4, -0.2) is 30.7 Å². The summed E-state index contributed by atoms with van der Waals surface area (Å²) in [6, 6.07) is 20.1. The molecule has 0 saturated heterocycles. The van der Waals surface area contributed by atoms with Crippen molar-refractivity contribution in [2.24, 2.45) is 5.10 Å². The molecule has 0 amide bonds. The zero-order chi connectivity index (χ0) is 19.5. The van der Waals surface area contributed by atoms with Gasteiger partial charge < -0.3 is 4.57 Å². The summed E-state index contributed by atoms with van der Waals surface area (Å²) in [5.41, 5.74) is 7.53. The maximum atomic E-state index is 4.48. The van der Waals surface area contributed by atoms with Crippen molar-refractivity contribution in [3.63, 3.8) is 0 Å². The highest BCUT2D eigenvalue weighted by molar-refractivity contribution is 5.98. The molecular weight excluding hydrogens is 362 g/mol. The first-order valence-corrected chi connectivity index (χ1v) is 9.21. The van der Waals surface area contributed by atoms with Crippen molar-refractivity contribution in [2.75, 3.05) is 5.43 Å². The van der Waals surface area contributed by atoms with E-state index >= 15 is 0 Å². The van der Waals surface area contributed by atoms with Crippen LogP contribution in [0.5, 0.6) is 0 Å². The van der Waals surface area contributed by atoms with E-state index in [-0.39, 0.29) is 0 Å². The summed E-state index contributed by atoms with van der Waals surface area (Å²) in [7, 11) is 0. The SMILES string of the molecule is C(=NNc1ncnc2c1ncn2Cc1ccccc1)c1ccnc2ccccc12. The molecule has 2 aromatic carbocycles. The maximum Gasteiger partial charge on any atom is 0.177 e. The summed E-state index contributed by atoms with van der Waals surface area (Å²) in [5.74, 6) is 0.566. The Bertz CT molecular complexity index is 1300. The van der Waals surface area contributed by atoms with Gasteiger partial charge in [0.1, 0.15) is 6.33 Å². The highest BCUT2D eigenvalue weighted by Gasteiger charge is 2.10. The van der Waals surface area contributed by atoms with Gasteiger partial charge in [-0.3, -0.25) is 10.4 Å². The molecule has 0 saturated carbocycles. The lowest BCUT2D eigenvalue weighted by atomic mass is 10.1. The Hall–Kier alpha value is -4.13. The zero-order valence-corrected chi connectivity index (χ0v) is 15.5. The summed E-state index contributed by atoms with van der Waals surface area (Å²) < 4.78 is 2.00. The number of benzene rings is 2. The molecular formula is C22H17N7.